The van der Waals surface area contributed by atoms with Crippen LogP contribution in [0.2, 0.25) is 0 Å². The molecular formula is C45H50N2O10. The third-order valence-corrected chi connectivity index (χ3v) is 9.71. The number of carbonyl (C=O) groups is 5. The van der Waals surface area contributed by atoms with Gasteiger partial charge in [0, 0.05) is 26.2 Å². The van der Waals surface area contributed by atoms with Crippen molar-refractivity contribution in [2.24, 2.45) is 29.6 Å². The molecule has 1 aliphatic carbocycles. The van der Waals surface area contributed by atoms with Crippen LogP contribution in [0.1, 0.15) is 51.7 Å². The minimum absolute atomic E-state index is 0.136. The van der Waals surface area contributed by atoms with E-state index >= 15 is 0 Å². The number of nitrogens with zero attached hydrogens (tertiary/aromatic N) is 2. The molecule has 300 valence electrons. The third-order valence-electron chi connectivity index (χ3n) is 9.71. The minimum Gasteiger partial charge on any atom is -0.481 e. The molecular weight excluding hydrogens is 728 g/mol. The molecule has 4 unspecified atom stereocenters. The average molecular weight is 779 g/mol. The highest BCUT2D eigenvalue weighted by atomic mass is 16.7. The van der Waals surface area contributed by atoms with Crippen molar-refractivity contribution in [3.05, 3.63) is 120 Å². The topological polar surface area (TPSA) is 149 Å². The van der Waals surface area contributed by atoms with Crippen molar-refractivity contribution in [1.82, 2.24) is 9.80 Å². The summed E-state index contributed by atoms with van der Waals surface area (Å²) in [6, 6.07) is 33.1. The number of hydrogen-bond acceptors (Lipinski definition) is 9. The molecule has 57 heavy (non-hydrogen) atoms. The summed E-state index contributed by atoms with van der Waals surface area (Å²) >= 11 is 0. The van der Waals surface area contributed by atoms with Crippen LogP contribution >= 0.6 is 0 Å². The summed E-state index contributed by atoms with van der Waals surface area (Å²) in [5, 5.41) is 10.5. The maximum absolute atomic E-state index is 14.7. The van der Waals surface area contributed by atoms with E-state index in [1.807, 2.05) is 98.8 Å². The van der Waals surface area contributed by atoms with Crippen LogP contribution in [0, 0.1) is 29.6 Å². The van der Waals surface area contributed by atoms with Gasteiger partial charge in [-0.15, -0.1) is 0 Å². The Balaban J connectivity index is 1.40. The van der Waals surface area contributed by atoms with Gasteiger partial charge >= 0.3 is 17.9 Å². The predicted molar refractivity (Wildman–Crippen MR) is 211 cm³/mol. The molecule has 0 bridgehead atoms. The lowest BCUT2D eigenvalue weighted by molar-refractivity contribution is -0.196. The summed E-state index contributed by atoms with van der Waals surface area (Å²) in [6.07, 6.45) is 1.11. The second kappa shape index (κ2) is 20.1. The van der Waals surface area contributed by atoms with E-state index in [0.717, 1.165) is 11.1 Å². The second-order valence-corrected chi connectivity index (χ2v) is 14.3. The summed E-state index contributed by atoms with van der Waals surface area (Å²) in [5.74, 6) is -7.87. The highest BCUT2D eigenvalue weighted by Crippen LogP contribution is 2.49. The average Bonchev–Trinajstić information content (AvgIpc) is 3.19. The molecule has 0 aromatic heterocycles. The number of esters is 2. The minimum atomic E-state index is -1.56. The number of para-hydroxylation sites is 2. The molecule has 12 nitrogen and oxygen atoms in total. The summed E-state index contributed by atoms with van der Waals surface area (Å²) in [4.78, 5) is 70.9. The fourth-order valence-corrected chi connectivity index (χ4v) is 6.88. The third kappa shape index (κ3) is 11.0. The Hall–Kier alpha value is -6.17. The second-order valence-electron chi connectivity index (χ2n) is 14.3. The molecule has 1 fully saturated rings. The van der Waals surface area contributed by atoms with Gasteiger partial charge in [0.25, 0.3) is 0 Å². The van der Waals surface area contributed by atoms with Gasteiger partial charge in [-0.3, -0.25) is 24.0 Å². The Morgan fingerprint density at radius 3 is 1.35 bits per heavy atom. The first kappa shape index (κ1) is 42.0. The molecule has 2 amide bonds. The Bertz CT molecular complexity index is 1950. The molecule has 4 atom stereocenters. The zero-order valence-corrected chi connectivity index (χ0v) is 32.7. The molecule has 0 saturated heterocycles. The standard InChI is InChI=1S/C45H50N2O10/c1-5-25-46(27-31-17-21-35(22-18-31)56-33-13-9-7-10-14-33)41(48)37-38(40(39(37)43(50)51)45(53)55-29-54-44(52)30(3)4)42(49)47(26-6-2)28-32-19-23-36(24-20-32)57-34-15-11-8-12-16-34/h7-24,30,37-40H,5-6,25-29H2,1-4H3,(H,50,51). The number of rotatable bonds is 19. The molecule has 1 N–H and O–H groups in total. The largest absolute Gasteiger partial charge is 0.481 e. The smallest absolute Gasteiger partial charge is 0.313 e. The summed E-state index contributed by atoms with van der Waals surface area (Å²) < 4.78 is 22.1. The lowest BCUT2D eigenvalue weighted by atomic mass is 9.55. The van der Waals surface area contributed by atoms with E-state index in [4.69, 9.17) is 18.9 Å². The molecule has 0 radical (unpaired) electrons. The number of ether oxygens (including phenoxy) is 4. The first-order valence-corrected chi connectivity index (χ1v) is 19.3. The number of carboxylic acid groups (broad SMARTS) is 1. The lowest BCUT2D eigenvalue weighted by Gasteiger charge is -2.49. The van der Waals surface area contributed by atoms with Crippen LogP contribution in [0.25, 0.3) is 0 Å². The van der Waals surface area contributed by atoms with Gasteiger partial charge in [0.15, 0.2) is 0 Å². The highest BCUT2D eigenvalue weighted by molar-refractivity contribution is 6.00. The Morgan fingerprint density at radius 1 is 0.561 bits per heavy atom. The summed E-state index contributed by atoms with van der Waals surface area (Å²) in [7, 11) is 0. The van der Waals surface area contributed by atoms with Crippen molar-refractivity contribution in [2.45, 2.75) is 53.6 Å². The number of carbonyl (C=O) groups excluding carboxylic acids is 4. The molecule has 0 heterocycles. The van der Waals surface area contributed by atoms with Crippen LogP contribution in [0.4, 0.5) is 0 Å². The zero-order valence-electron chi connectivity index (χ0n) is 32.7. The van der Waals surface area contributed by atoms with Gasteiger partial charge in [0.1, 0.15) is 23.0 Å². The first-order chi connectivity index (χ1) is 27.5. The van der Waals surface area contributed by atoms with Crippen LogP contribution in [-0.4, -0.2) is 64.5 Å². The van der Waals surface area contributed by atoms with E-state index in [1.165, 1.54) is 4.90 Å². The Labute approximate surface area is 333 Å². The molecule has 12 heteroatoms. The quantitative estimate of drug-likeness (QED) is 0.0741. The van der Waals surface area contributed by atoms with E-state index < -0.39 is 66.1 Å². The van der Waals surface area contributed by atoms with E-state index in [1.54, 1.807) is 43.0 Å². The molecule has 4 aromatic carbocycles. The summed E-state index contributed by atoms with van der Waals surface area (Å²) in [6.45, 7) is 7.10. The van der Waals surface area contributed by atoms with Crippen molar-refractivity contribution in [1.29, 1.82) is 0 Å². The summed E-state index contributed by atoms with van der Waals surface area (Å²) in [5.41, 5.74) is 1.53. The Morgan fingerprint density at radius 2 is 0.965 bits per heavy atom. The van der Waals surface area contributed by atoms with E-state index in [2.05, 4.69) is 0 Å². The number of aliphatic carboxylic acids is 1. The monoisotopic (exact) mass is 778 g/mol. The van der Waals surface area contributed by atoms with Crippen molar-refractivity contribution >= 4 is 29.7 Å². The number of carboxylic acids is 1. The lowest BCUT2D eigenvalue weighted by Crippen LogP contribution is -2.64. The van der Waals surface area contributed by atoms with Gasteiger partial charge in [-0.2, -0.15) is 0 Å². The van der Waals surface area contributed by atoms with Crippen LogP contribution in [0.15, 0.2) is 109 Å². The number of amides is 2. The van der Waals surface area contributed by atoms with Crippen molar-refractivity contribution < 1.29 is 48.0 Å². The number of hydrogen-bond donors (Lipinski definition) is 1. The van der Waals surface area contributed by atoms with Crippen LogP contribution < -0.4 is 9.47 Å². The molecule has 4 aromatic rings. The van der Waals surface area contributed by atoms with E-state index in [-0.39, 0.29) is 26.2 Å². The zero-order chi connectivity index (χ0) is 40.9. The molecule has 0 spiro atoms. The van der Waals surface area contributed by atoms with Crippen LogP contribution in [0.3, 0.4) is 0 Å². The highest BCUT2D eigenvalue weighted by Gasteiger charge is 2.65. The number of benzene rings is 4. The van der Waals surface area contributed by atoms with Crippen molar-refractivity contribution in [3.63, 3.8) is 0 Å². The van der Waals surface area contributed by atoms with Crippen molar-refractivity contribution in [2.75, 3.05) is 19.9 Å². The maximum Gasteiger partial charge on any atom is 0.313 e. The van der Waals surface area contributed by atoms with Gasteiger partial charge in [-0.05, 0) is 72.5 Å². The van der Waals surface area contributed by atoms with E-state index in [0.29, 0.717) is 35.8 Å². The van der Waals surface area contributed by atoms with Crippen LogP contribution in [-0.2, 0) is 46.5 Å². The maximum atomic E-state index is 14.7. The van der Waals surface area contributed by atoms with Crippen LogP contribution in [0.5, 0.6) is 23.0 Å². The first-order valence-electron chi connectivity index (χ1n) is 19.3. The Kier molecular flexibility index (Phi) is 14.8. The fourth-order valence-electron chi connectivity index (χ4n) is 6.88. The van der Waals surface area contributed by atoms with Gasteiger partial charge < -0.3 is 33.9 Å². The predicted octanol–water partition coefficient (Wildman–Crippen LogP) is 7.71. The molecule has 1 aliphatic rings. The molecule has 0 aliphatic heterocycles. The fraction of sp³-hybridized carbons (Fsp3) is 0.356. The van der Waals surface area contributed by atoms with Crippen molar-refractivity contribution in [3.8, 4) is 23.0 Å². The van der Waals surface area contributed by atoms with Gasteiger partial charge in [-0.1, -0.05) is 88.4 Å². The normalized spacial score (nSPS) is 17.1. The van der Waals surface area contributed by atoms with E-state index in [9.17, 15) is 29.1 Å². The SMILES string of the molecule is CCCN(Cc1ccc(Oc2ccccc2)cc1)C(=O)C1C(C(=O)O)C(C(=O)OCOC(=O)C(C)C)C1C(=O)N(CCC)Cc1ccc(Oc2ccccc2)cc1. The molecule has 5 rings (SSSR count). The van der Waals surface area contributed by atoms with Gasteiger partial charge in [0.05, 0.1) is 29.6 Å². The van der Waals surface area contributed by atoms with Gasteiger partial charge in [0.2, 0.25) is 18.6 Å². The van der Waals surface area contributed by atoms with Gasteiger partial charge in [-0.25, -0.2) is 0 Å². The molecule has 1 saturated carbocycles.